The summed E-state index contributed by atoms with van der Waals surface area (Å²) < 4.78 is 10.0. The number of nitrogens with zero attached hydrogens (tertiary/aromatic N) is 1. The highest BCUT2D eigenvalue weighted by molar-refractivity contribution is 6.33. The molecule has 0 radical (unpaired) electrons. The Balaban J connectivity index is 1.63. The number of hydrogen-bond acceptors (Lipinski definition) is 5. The maximum absolute atomic E-state index is 12.4. The lowest BCUT2D eigenvalue weighted by Crippen LogP contribution is -2.36. The van der Waals surface area contributed by atoms with Crippen LogP contribution in [0.2, 0.25) is 5.02 Å². The van der Waals surface area contributed by atoms with Crippen molar-refractivity contribution in [3.05, 3.63) is 58.6 Å². The first kappa shape index (κ1) is 19.2. The van der Waals surface area contributed by atoms with Gasteiger partial charge >= 0.3 is 5.97 Å². The Bertz CT molecular complexity index is 817. The SMILES string of the molecule is COC(=O)c1ccc(Cl)c(NC(=O)Cc2ccc(N3CCOCC3)cc2)c1. The number of halogens is 1. The van der Waals surface area contributed by atoms with Gasteiger partial charge in [0.2, 0.25) is 5.91 Å². The van der Waals surface area contributed by atoms with Crippen molar-refractivity contribution < 1.29 is 19.1 Å². The van der Waals surface area contributed by atoms with Gasteiger partial charge in [0.15, 0.2) is 0 Å². The molecule has 1 aliphatic heterocycles. The Hall–Kier alpha value is -2.57. The van der Waals surface area contributed by atoms with Gasteiger partial charge in [-0.15, -0.1) is 0 Å². The first-order valence-corrected chi connectivity index (χ1v) is 9.04. The van der Waals surface area contributed by atoms with Gasteiger partial charge in [0.1, 0.15) is 0 Å². The number of esters is 1. The molecule has 0 atom stereocenters. The number of morpholine rings is 1. The molecule has 2 aromatic carbocycles. The Morgan fingerprint density at radius 1 is 1.15 bits per heavy atom. The molecule has 0 spiro atoms. The molecule has 2 aromatic rings. The summed E-state index contributed by atoms with van der Waals surface area (Å²) in [5.74, 6) is -0.695. The molecule has 27 heavy (non-hydrogen) atoms. The number of ether oxygens (including phenoxy) is 2. The van der Waals surface area contributed by atoms with Crippen LogP contribution in [-0.4, -0.2) is 45.3 Å². The van der Waals surface area contributed by atoms with Gasteiger partial charge in [0.25, 0.3) is 0 Å². The highest BCUT2D eigenvalue weighted by Crippen LogP contribution is 2.24. The maximum atomic E-state index is 12.4. The molecule has 3 rings (SSSR count). The predicted octanol–water partition coefficient (Wildman–Crippen LogP) is 3.14. The minimum absolute atomic E-state index is 0.210. The smallest absolute Gasteiger partial charge is 0.337 e. The van der Waals surface area contributed by atoms with Crippen LogP contribution in [0.25, 0.3) is 0 Å². The van der Waals surface area contributed by atoms with Crippen LogP contribution in [0.15, 0.2) is 42.5 Å². The van der Waals surface area contributed by atoms with E-state index in [4.69, 9.17) is 16.3 Å². The monoisotopic (exact) mass is 388 g/mol. The zero-order valence-electron chi connectivity index (χ0n) is 15.0. The third kappa shape index (κ3) is 4.99. The van der Waals surface area contributed by atoms with E-state index in [0.717, 1.165) is 37.6 Å². The quantitative estimate of drug-likeness (QED) is 0.797. The summed E-state index contributed by atoms with van der Waals surface area (Å²) in [7, 11) is 1.30. The zero-order valence-corrected chi connectivity index (χ0v) is 15.8. The van der Waals surface area contributed by atoms with Gasteiger partial charge in [-0.25, -0.2) is 4.79 Å². The normalized spacial score (nSPS) is 13.9. The summed E-state index contributed by atoms with van der Waals surface area (Å²) in [5, 5.41) is 3.11. The van der Waals surface area contributed by atoms with Gasteiger partial charge in [-0.05, 0) is 35.9 Å². The zero-order chi connectivity index (χ0) is 19.2. The summed E-state index contributed by atoms with van der Waals surface area (Å²) in [6.45, 7) is 3.20. The first-order valence-electron chi connectivity index (χ1n) is 8.66. The fourth-order valence-corrected chi connectivity index (χ4v) is 3.06. The predicted molar refractivity (Wildman–Crippen MR) is 105 cm³/mol. The minimum atomic E-state index is -0.485. The Kier molecular flexibility index (Phi) is 6.32. The van der Waals surface area contributed by atoms with Crippen molar-refractivity contribution in [2.24, 2.45) is 0 Å². The van der Waals surface area contributed by atoms with Crippen LogP contribution < -0.4 is 10.2 Å². The van der Waals surface area contributed by atoms with Crippen molar-refractivity contribution in [3.8, 4) is 0 Å². The van der Waals surface area contributed by atoms with E-state index >= 15 is 0 Å². The van der Waals surface area contributed by atoms with Crippen molar-refractivity contribution in [1.82, 2.24) is 0 Å². The highest BCUT2D eigenvalue weighted by atomic mass is 35.5. The molecule has 1 saturated heterocycles. The van der Waals surface area contributed by atoms with E-state index < -0.39 is 5.97 Å². The minimum Gasteiger partial charge on any atom is -0.465 e. The van der Waals surface area contributed by atoms with Crippen LogP contribution in [-0.2, 0) is 20.7 Å². The largest absolute Gasteiger partial charge is 0.465 e. The van der Waals surface area contributed by atoms with E-state index in [1.807, 2.05) is 24.3 Å². The topological polar surface area (TPSA) is 67.9 Å². The molecule has 0 unspecified atom stereocenters. The van der Waals surface area contributed by atoms with Crippen LogP contribution in [0.5, 0.6) is 0 Å². The van der Waals surface area contributed by atoms with Crippen molar-refractivity contribution in [2.75, 3.05) is 43.6 Å². The standard InChI is InChI=1S/C20H21ClN2O4/c1-26-20(25)15-4-7-17(21)18(13-15)22-19(24)12-14-2-5-16(6-3-14)23-8-10-27-11-9-23/h2-7,13H,8-12H2,1H3,(H,22,24). The molecule has 0 aromatic heterocycles. The molecule has 1 amide bonds. The van der Waals surface area contributed by atoms with Gasteiger partial charge in [-0.2, -0.15) is 0 Å². The van der Waals surface area contributed by atoms with E-state index in [-0.39, 0.29) is 12.3 Å². The van der Waals surface area contributed by atoms with Crippen molar-refractivity contribution in [3.63, 3.8) is 0 Å². The van der Waals surface area contributed by atoms with Gasteiger partial charge < -0.3 is 19.7 Å². The molecule has 0 bridgehead atoms. The van der Waals surface area contributed by atoms with Crippen LogP contribution in [0.4, 0.5) is 11.4 Å². The molecule has 6 nitrogen and oxygen atoms in total. The van der Waals surface area contributed by atoms with Gasteiger partial charge in [-0.3, -0.25) is 4.79 Å². The summed E-state index contributed by atoms with van der Waals surface area (Å²) in [4.78, 5) is 26.2. The number of hydrogen-bond donors (Lipinski definition) is 1. The summed E-state index contributed by atoms with van der Waals surface area (Å²) >= 11 is 6.12. The highest BCUT2D eigenvalue weighted by Gasteiger charge is 2.13. The number of carbonyl (C=O) groups is 2. The second-order valence-electron chi connectivity index (χ2n) is 6.18. The summed E-state index contributed by atoms with van der Waals surface area (Å²) in [6, 6.07) is 12.5. The van der Waals surface area contributed by atoms with Gasteiger partial charge in [-0.1, -0.05) is 23.7 Å². The first-order chi connectivity index (χ1) is 13.1. The molecule has 0 saturated carbocycles. The molecule has 1 fully saturated rings. The molecule has 1 N–H and O–H groups in total. The summed E-state index contributed by atoms with van der Waals surface area (Å²) in [6.07, 6.45) is 0.210. The maximum Gasteiger partial charge on any atom is 0.337 e. The number of rotatable bonds is 5. The van der Waals surface area contributed by atoms with E-state index in [0.29, 0.717) is 16.3 Å². The number of nitrogens with one attached hydrogen (secondary N) is 1. The van der Waals surface area contributed by atoms with Crippen LogP contribution >= 0.6 is 11.6 Å². The lowest BCUT2D eigenvalue weighted by Gasteiger charge is -2.28. The molecule has 142 valence electrons. The van der Waals surface area contributed by atoms with E-state index in [1.54, 1.807) is 12.1 Å². The van der Waals surface area contributed by atoms with E-state index in [1.165, 1.54) is 13.2 Å². The lowest BCUT2D eigenvalue weighted by molar-refractivity contribution is -0.115. The average molecular weight is 389 g/mol. The Morgan fingerprint density at radius 3 is 2.52 bits per heavy atom. The number of carbonyl (C=O) groups excluding carboxylic acids is 2. The molecule has 1 aliphatic rings. The van der Waals surface area contributed by atoms with Crippen LogP contribution in [0.1, 0.15) is 15.9 Å². The lowest BCUT2D eigenvalue weighted by atomic mass is 10.1. The van der Waals surface area contributed by atoms with Crippen molar-refractivity contribution in [1.29, 1.82) is 0 Å². The van der Waals surface area contributed by atoms with Crippen LogP contribution in [0, 0.1) is 0 Å². The van der Waals surface area contributed by atoms with E-state index in [9.17, 15) is 9.59 Å². The number of anilines is 2. The summed E-state index contributed by atoms with van der Waals surface area (Å²) in [5.41, 5.74) is 2.72. The third-order valence-corrected chi connectivity index (χ3v) is 4.67. The number of amides is 1. The molecule has 7 heteroatoms. The molecule has 1 heterocycles. The Morgan fingerprint density at radius 2 is 1.85 bits per heavy atom. The average Bonchev–Trinajstić information content (AvgIpc) is 2.70. The second kappa shape index (κ2) is 8.88. The third-order valence-electron chi connectivity index (χ3n) is 4.34. The number of benzene rings is 2. The fourth-order valence-electron chi connectivity index (χ4n) is 2.89. The van der Waals surface area contributed by atoms with Gasteiger partial charge in [0, 0.05) is 18.8 Å². The van der Waals surface area contributed by atoms with Crippen molar-refractivity contribution >= 4 is 34.9 Å². The Labute approximate surface area is 163 Å². The van der Waals surface area contributed by atoms with Crippen molar-refractivity contribution in [2.45, 2.75) is 6.42 Å². The van der Waals surface area contributed by atoms with E-state index in [2.05, 4.69) is 15.0 Å². The molecular weight excluding hydrogens is 368 g/mol. The molecular formula is C20H21ClN2O4. The van der Waals surface area contributed by atoms with Gasteiger partial charge in [0.05, 0.1) is 43.0 Å². The van der Waals surface area contributed by atoms with Crippen LogP contribution in [0.3, 0.4) is 0 Å². The number of methoxy groups -OCH3 is 1. The second-order valence-corrected chi connectivity index (χ2v) is 6.58. The molecule has 0 aliphatic carbocycles. The fraction of sp³-hybridized carbons (Fsp3) is 0.300.